The summed E-state index contributed by atoms with van der Waals surface area (Å²) in [5, 5.41) is 3.55. The van der Waals surface area contributed by atoms with Gasteiger partial charge in [0, 0.05) is 0 Å². The second-order valence-corrected chi connectivity index (χ2v) is 4.30. The number of ether oxygens (including phenoxy) is 1. The Morgan fingerprint density at radius 3 is 2.38 bits per heavy atom. The second kappa shape index (κ2) is 5.55. The number of aromatic nitrogens is 2. The highest BCUT2D eigenvalue weighted by Gasteiger charge is 2.30. The van der Waals surface area contributed by atoms with Gasteiger partial charge in [0.1, 0.15) is 0 Å². The Balaban J connectivity index is 2.06. The van der Waals surface area contributed by atoms with E-state index in [0.29, 0.717) is 5.82 Å². The summed E-state index contributed by atoms with van der Waals surface area (Å²) in [6, 6.07) is 3.74. The second-order valence-electron chi connectivity index (χ2n) is 4.30. The van der Waals surface area contributed by atoms with Gasteiger partial charge in [-0.3, -0.25) is 0 Å². The predicted octanol–water partition coefficient (Wildman–Crippen LogP) is 3.31. The van der Waals surface area contributed by atoms with Crippen molar-refractivity contribution in [2.24, 2.45) is 0 Å². The molecule has 112 valence electrons. The number of halogens is 3. The molecular formula is C13H11F3N2O3. The van der Waals surface area contributed by atoms with Crippen LogP contribution in [0.2, 0.25) is 0 Å². The first-order valence-corrected chi connectivity index (χ1v) is 5.96. The average Bonchev–Trinajstić information content (AvgIpc) is 2.84. The largest absolute Gasteiger partial charge is 0.449 e. The maximum absolute atomic E-state index is 12.4. The van der Waals surface area contributed by atoms with E-state index in [2.05, 4.69) is 10.1 Å². The lowest BCUT2D eigenvalue weighted by molar-refractivity contribution is -0.137. The van der Waals surface area contributed by atoms with Gasteiger partial charge >= 0.3 is 12.1 Å². The molecule has 2 aromatic rings. The highest BCUT2D eigenvalue weighted by molar-refractivity contribution is 5.89. The number of hydrogen-bond donors (Lipinski definition) is 0. The molecule has 2 rings (SSSR count). The van der Waals surface area contributed by atoms with Gasteiger partial charge in [-0.15, -0.1) is 0 Å². The molecule has 0 saturated carbocycles. The minimum Gasteiger partial charge on any atom is -0.449 e. The van der Waals surface area contributed by atoms with Crippen molar-refractivity contribution in [3.05, 3.63) is 47.1 Å². The molecule has 1 atom stereocenters. The zero-order valence-corrected chi connectivity index (χ0v) is 11.1. The Kier molecular flexibility index (Phi) is 3.97. The molecule has 0 spiro atoms. The minimum absolute atomic E-state index is 0.00564. The summed E-state index contributed by atoms with van der Waals surface area (Å²) in [5.74, 6) is -0.262. The molecule has 0 aliphatic heterocycles. The molecule has 1 unspecified atom stereocenters. The van der Waals surface area contributed by atoms with Crippen LogP contribution < -0.4 is 0 Å². The van der Waals surface area contributed by atoms with E-state index in [1.54, 1.807) is 6.92 Å². The molecule has 8 heteroatoms. The predicted molar refractivity (Wildman–Crippen MR) is 64.3 cm³/mol. The molecule has 21 heavy (non-hydrogen) atoms. The van der Waals surface area contributed by atoms with Crippen molar-refractivity contribution >= 4 is 5.97 Å². The van der Waals surface area contributed by atoms with Gasteiger partial charge in [0.15, 0.2) is 11.9 Å². The number of carbonyl (C=O) groups is 1. The number of benzene rings is 1. The molecule has 0 bridgehead atoms. The minimum atomic E-state index is -4.45. The third kappa shape index (κ3) is 3.59. The monoisotopic (exact) mass is 300 g/mol. The molecule has 1 aromatic heterocycles. The van der Waals surface area contributed by atoms with Gasteiger partial charge in [-0.2, -0.15) is 18.2 Å². The molecule has 0 N–H and O–H groups in total. The fraction of sp³-hybridized carbons (Fsp3) is 0.308. The molecule has 0 fully saturated rings. The Morgan fingerprint density at radius 1 is 1.29 bits per heavy atom. The third-order valence-electron chi connectivity index (χ3n) is 2.62. The van der Waals surface area contributed by atoms with E-state index < -0.39 is 23.8 Å². The number of aryl methyl sites for hydroxylation is 1. The Bertz CT molecular complexity index is 635. The average molecular weight is 300 g/mol. The third-order valence-corrected chi connectivity index (χ3v) is 2.62. The van der Waals surface area contributed by atoms with Gasteiger partial charge in [0.05, 0.1) is 11.1 Å². The van der Waals surface area contributed by atoms with Crippen LogP contribution in [0.25, 0.3) is 0 Å². The van der Waals surface area contributed by atoms with Crippen molar-refractivity contribution in [1.29, 1.82) is 0 Å². The lowest BCUT2D eigenvalue weighted by Crippen LogP contribution is -2.11. The van der Waals surface area contributed by atoms with E-state index >= 15 is 0 Å². The van der Waals surface area contributed by atoms with Crippen molar-refractivity contribution in [2.45, 2.75) is 26.1 Å². The van der Waals surface area contributed by atoms with Crippen LogP contribution in [0.15, 0.2) is 28.8 Å². The summed E-state index contributed by atoms with van der Waals surface area (Å²) in [6.07, 6.45) is -5.24. The number of hydrogen-bond acceptors (Lipinski definition) is 5. The molecular weight excluding hydrogens is 289 g/mol. The molecule has 1 aromatic carbocycles. The number of nitrogens with zero attached hydrogens (tertiary/aromatic N) is 2. The number of alkyl halides is 3. The van der Waals surface area contributed by atoms with Crippen LogP contribution in [0, 0.1) is 6.92 Å². The van der Waals surface area contributed by atoms with E-state index in [1.807, 2.05) is 0 Å². The fourth-order valence-electron chi connectivity index (χ4n) is 1.55. The van der Waals surface area contributed by atoms with Crippen LogP contribution in [-0.4, -0.2) is 16.1 Å². The van der Waals surface area contributed by atoms with Crippen LogP contribution in [0.1, 0.15) is 40.7 Å². The van der Waals surface area contributed by atoms with Crippen LogP contribution >= 0.6 is 0 Å². The maximum Gasteiger partial charge on any atom is 0.416 e. The smallest absolute Gasteiger partial charge is 0.416 e. The maximum atomic E-state index is 12.4. The number of esters is 1. The summed E-state index contributed by atoms with van der Waals surface area (Å²) in [5.41, 5.74) is -0.828. The summed E-state index contributed by atoms with van der Waals surface area (Å²) >= 11 is 0. The quantitative estimate of drug-likeness (QED) is 0.814. The van der Waals surface area contributed by atoms with E-state index in [-0.39, 0.29) is 11.5 Å². The van der Waals surface area contributed by atoms with Crippen molar-refractivity contribution in [3.8, 4) is 0 Å². The van der Waals surface area contributed by atoms with Crippen molar-refractivity contribution < 1.29 is 27.2 Å². The standard InChI is InChI=1S/C13H11F3N2O3/c1-7(11-17-8(2)18-21-11)20-12(19)9-3-5-10(6-4-9)13(14,15)16/h3-7H,1-2H3. The Hall–Kier alpha value is -2.38. The molecule has 0 saturated heterocycles. The first kappa shape index (κ1) is 15.0. The highest BCUT2D eigenvalue weighted by Crippen LogP contribution is 2.29. The molecule has 0 amide bonds. The van der Waals surface area contributed by atoms with Gasteiger partial charge in [-0.1, -0.05) is 5.16 Å². The van der Waals surface area contributed by atoms with E-state index in [0.717, 1.165) is 24.3 Å². The summed E-state index contributed by atoms with van der Waals surface area (Å²) < 4.78 is 47.1. The van der Waals surface area contributed by atoms with Crippen molar-refractivity contribution in [2.75, 3.05) is 0 Å². The summed E-state index contributed by atoms with van der Waals surface area (Å²) in [4.78, 5) is 15.7. The van der Waals surface area contributed by atoms with Crippen LogP contribution in [-0.2, 0) is 10.9 Å². The number of carbonyl (C=O) groups excluding carboxylic acids is 1. The van der Waals surface area contributed by atoms with Gasteiger partial charge < -0.3 is 9.26 Å². The Morgan fingerprint density at radius 2 is 1.90 bits per heavy atom. The van der Waals surface area contributed by atoms with Gasteiger partial charge in [-0.05, 0) is 38.1 Å². The van der Waals surface area contributed by atoms with Gasteiger partial charge in [0.2, 0.25) is 0 Å². The first-order valence-electron chi connectivity index (χ1n) is 5.96. The zero-order valence-electron chi connectivity index (χ0n) is 11.1. The topological polar surface area (TPSA) is 65.2 Å². The molecule has 5 nitrogen and oxygen atoms in total. The van der Waals surface area contributed by atoms with Crippen LogP contribution in [0.4, 0.5) is 13.2 Å². The summed E-state index contributed by atoms with van der Waals surface area (Å²) in [7, 11) is 0. The van der Waals surface area contributed by atoms with Gasteiger partial charge in [-0.25, -0.2) is 4.79 Å². The van der Waals surface area contributed by atoms with Crippen LogP contribution in [0.3, 0.4) is 0 Å². The highest BCUT2D eigenvalue weighted by atomic mass is 19.4. The lowest BCUT2D eigenvalue weighted by atomic mass is 10.1. The van der Waals surface area contributed by atoms with Gasteiger partial charge in [0.25, 0.3) is 5.89 Å². The lowest BCUT2D eigenvalue weighted by Gasteiger charge is -2.10. The molecule has 0 aliphatic rings. The molecule has 1 heterocycles. The summed E-state index contributed by atoms with van der Waals surface area (Å²) in [6.45, 7) is 3.13. The van der Waals surface area contributed by atoms with Crippen molar-refractivity contribution in [3.63, 3.8) is 0 Å². The zero-order chi connectivity index (χ0) is 15.6. The van der Waals surface area contributed by atoms with E-state index in [9.17, 15) is 18.0 Å². The van der Waals surface area contributed by atoms with E-state index in [1.165, 1.54) is 6.92 Å². The fourth-order valence-corrected chi connectivity index (χ4v) is 1.55. The Labute approximate surface area is 117 Å². The normalized spacial score (nSPS) is 13.0. The molecule has 0 radical (unpaired) electrons. The van der Waals surface area contributed by atoms with E-state index in [4.69, 9.17) is 9.26 Å². The SMILES string of the molecule is Cc1noc(C(C)OC(=O)c2ccc(C(F)(F)F)cc2)n1. The first-order chi connectivity index (χ1) is 9.77. The van der Waals surface area contributed by atoms with Crippen LogP contribution in [0.5, 0.6) is 0 Å². The molecule has 0 aliphatic carbocycles. The number of rotatable bonds is 3. The van der Waals surface area contributed by atoms with Crippen molar-refractivity contribution in [1.82, 2.24) is 10.1 Å².